The number of methoxy groups -OCH3 is 3. The first-order valence-electron chi connectivity index (χ1n) is 8.03. The topological polar surface area (TPSA) is 70.8 Å². The maximum Gasteiger partial charge on any atom is 0.235 e. The summed E-state index contributed by atoms with van der Waals surface area (Å²) in [4.78, 5) is 0.610. The van der Waals surface area contributed by atoms with E-state index in [0.717, 1.165) is 5.56 Å². The van der Waals surface area contributed by atoms with Crippen molar-refractivity contribution >= 4 is 32.2 Å². The maximum atomic E-state index is 13.5. The van der Waals surface area contributed by atoms with Crippen LogP contribution < -0.4 is 14.2 Å². The van der Waals surface area contributed by atoms with E-state index in [4.69, 9.17) is 14.2 Å². The lowest BCUT2D eigenvalue weighted by Crippen LogP contribution is -1.97. The fraction of sp³-hybridized carbons (Fsp3) is 0.167. The van der Waals surface area contributed by atoms with E-state index in [1.807, 2.05) is 0 Å². The molecule has 0 saturated carbocycles. The average Bonchev–Trinajstić information content (AvgIpc) is 3.29. The molecule has 2 aromatic carbocycles. The predicted octanol–water partition coefficient (Wildman–Crippen LogP) is 4.45. The molecule has 0 amide bonds. The molecule has 0 N–H and O–H groups in total. The zero-order valence-corrected chi connectivity index (χ0v) is 17.5. The van der Waals surface area contributed by atoms with Crippen molar-refractivity contribution in [2.45, 2.75) is 0 Å². The molecule has 4 rings (SSSR count). The van der Waals surface area contributed by atoms with E-state index in [1.54, 1.807) is 50.1 Å². The van der Waals surface area contributed by atoms with Crippen LogP contribution in [0.4, 0.5) is 4.39 Å². The summed E-state index contributed by atoms with van der Waals surface area (Å²) >= 11 is 4.56. The van der Waals surface area contributed by atoms with E-state index in [0.29, 0.717) is 43.1 Å². The van der Waals surface area contributed by atoms with Crippen molar-refractivity contribution in [3.63, 3.8) is 0 Å². The van der Waals surface area contributed by atoms with Crippen LogP contribution in [-0.4, -0.2) is 41.1 Å². The normalized spacial score (nSPS) is 11.0. The fourth-order valence-corrected chi connectivity index (χ4v) is 3.97. The van der Waals surface area contributed by atoms with E-state index in [1.165, 1.54) is 17.4 Å². The molecular formula is C18H14BrFN4O3S. The summed E-state index contributed by atoms with van der Waals surface area (Å²) in [6, 6.07) is 8.31. The number of halogens is 2. The van der Waals surface area contributed by atoms with Crippen LogP contribution in [0.15, 0.2) is 34.8 Å². The zero-order valence-electron chi connectivity index (χ0n) is 15.1. The molecule has 7 nitrogen and oxygen atoms in total. The quantitative estimate of drug-likeness (QED) is 0.434. The first-order valence-corrected chi connectivity index (χ1v) is 9.64. The molecule has 0 aliphatic rings. The molecular weight excluding hydrogens is 451 g/mol. The Labute approximate surface area is 171 Å². The molecule has 0 atom stereocenters. The van der Waals surface area contributed by atoms with Crippen molar-refractivity contribution in [2.75, 3.05) is 21.3 Å². The summed E-state index contributed by atoms with van der Waals surface area (Å²) in [5.41, 5.74) is 1.48. The van der Waals surface area contributed by atoms with Crippen LogP contribution in [0.25, 0.3) is 26.9 Å². The van der Waals surface area contributed by atoms with E-state index in [9.17, 15) is 4.39 Å². The Morgan fingerprint density at radius 1 is 0.964 bits per heavy atom. The van der Waals surface area contributed by atoms with Crippen molar-refractivity contribution in [1.82, 2.24) is 19.8 Å². The molecule has 0 radical (unpaired) electrons. The SMILES string of the molecule is COc1cc(-c2nnc3sc(-c4ccc(F)c(Br)c4)nn23)cc(OC)c1OC. The van der Waals surface area contributed by atoms with Gasteiger partial charge in [0.25, 0.3) is 0 Å². The standard InChI is InChI=1S/C18H14BrFN4O3S/c1-25-13-7-10(8-14(26-2)15(13)27-3)16-21-22-18-24(16)23-17(28-18)9-4-5-12(20)11(19)6-9/h4-8H,1-3H3. The monoisotopic (exact) mass is 464 g/mol. The molecule has 0 spiro atoms. The van der Waals surface area contributed by atoms with Gasteiger partial charge in [-0.25, -0.2) is 4.39 Å². The molecule has 2 aromatic heterocycles. The van der Waals surface area contributed by atoms with E-state index in [-0.39, 0.29) is 5.82 Å². The minimum atomic E-state index is -0.329. The summed E-state index contributed by atoms with van der Waals surface area (Å²) in [6.45, 7) is 0. The molecule has 2 heterocycles. The van der Waals surface area contributed by atoms with E-state index >= 15 is 0 Å². The lowest BCUT2D eigenvalue weighted by atomic mass is 10.1. The highest BCUT2D eigenvalue weighted by molar-refractivity contribution is 9.10. The van der Waals surface area contributed by atoms with Crippen molar-refractivity contribution in [3.8, 4) is 39.2 Å². The van der Waals surface area contributed by atoms with Crippen LogP contribution in [0.2, 0.25) is 0 Å². The number of aromatic nitrogens is 4. The summed E-state index contributed by atoms with van der Waals surface area (Å²) < 4.78 is 31.7. The van der Waals surface area contributed by atoms with Gasteiger partial charge in [0.1, 0.15) is 10.8 Å². The van der Waals surface area contributed by atoms with Gasteiger partial charge < -0.3 is 14.2 Å². The second-order valence-electron chi connectivity index (χ2n) is 5.67. The third-order valence-corrected chi connectivity index (χ3v) is 5.64. The lowest BCUT2D eigenvalue weighted by Gasteiger charge is -2.13. The lowest BCUT2D eigenvalue weighted by molar-refractivity contribution is 0.324. The molecule has 0 saturated heterocycles. The third-order valence-electron chi connectivity index (χ3n) is 4.08. The maximum absolute atomic E-state index is 13.5. The fourth-order valence-electron chi connectivity index (χ4n) is 2.75. The van der Waals surface area contributed by atoms with Gasteiger partial charge in [-0.1, -0.05) is 11.3 Å². The number of ether oxygens (including phenoxy) is 3. The molecule has 0 aliphatic carbocycles. The van der Waals surface area contributed by atoms with Gasteiger partial charge in [0.05, 0.1) is 25.8 Å². The minimum absolute atomic E-state index is 0.329. The zero-order chi connectivity index (χ0) is 19.8. The summed E-state index contributed by atoms with van der Waals surface area (Å²) in [6.07, 6.45) is 0. The van der Waals surface area contributed by atoms with Gasteiger partial charge in [-0.3, -0.25) is 0 Å². The molecule has 0 aliphatic heterocycles. The van der Waals surface area contributed by atoms with E-state index in [2.05, 4.69) is 31.2 Å². The smallest absolute Gasteiger partial charge is 0.235 e. The number of hydrogen-bond donors (Lipinski definition) is 0. The largest absolute Gasteiger partial charge is 0.493 e. The Morgan fingerprint density at radius 3 is 2.29 bits per heavy atom. The highest BCUT2D eigenvalue weighted by Crippen LogP contribution is 2.41. The van der Waals surface area contributed by atoms with Crippen LogP contribution in [-0.2, 0) is 0 Å². The molecule has 0 unspecified atom stereocenters. The number of hydrogen-bond acceptors (Lipinski definition) is 7. The number of fused-ring (bicyclic) bond motifs is 1. The van der Waals surface area contributed by atoms with Crippen LogP contribution in [0, 0.1) is 5.82 Å². The summed E-state index contributed by atoms with van der Waals surface area (Å²) in [5, 5.41) is 13.7. The predicted molar refractivity (Wildman–Crippen MR) is 107 cm³/mol. The second kappa shape index (κ2) is 7.36. The Hall–Kier alpha value is -2.72. The highest BCUT2D eigenvalue weighted by atomic mass is 79.9. The molecule has 144 valence electrons. The van der Waals surface area contributed by atoms with Crippen LogP contribution in [0.1, 0.15) is 0 Å². The van der Waals surface area contributed by atoms with Gasteiger partial charge in [-0.05, 0) is 46.3 Å². The number of rotatable bonds is 5. The van der Waals surface area contributed by atoms with Gasteiger partial charge in [0.2, 0.25) is 10.7 Å². The molecule has 10 heteroatoms. The molecule has 0 fully saturated rings. The minimum Gasteiger partial charge on any atom is -0.493 e. The molecule has 28 heavy (non-hydrogen) atoms. The van der Waals surface area contributed by atoms with Gasteiger partial charge in [0.15, 0.2) is 17.3 Å². The Morgan fingerprint density at radius 2 is 1.68 bits per heavy atom. The summed E-state index contributed by atoms with van der Waals surface area (Å²) in [5.74, 6) is 1.70. The van der Waals surface area contributed by atoms with Crippen LogP contribution in [0.5, 0.6) is 17.2 Å². The Balaban J connectivity index is 1.84. The van der Waals surface area contributed by atoms with Gasteiger partial charge >= 0.3 is 0 Å². The van der Waals surface area contributed by atoms with Gasteiger partial charge in [0, 0.05) is 11.1 Å². The van der Waals surface area contributed by atoms with Crippen molar-refractivity contribution in [2.24, 2.45) is 0 Å². The number of benzene rings is 2. The summed E-state index contributed by atoms with van der Waals surface area (Å²) in [7, 11) is 4.64. The Bertz CT molecular complexity index is 1150. The van der Waals surface area contributed by atoms with Crippen molar-refractivity contribution < 1.29 is 18.6 Å². The highest BCUT2D eigenvalue weighted by Gasteiger charge is 2.19. The molecule has 4 aromatic rings. The van der Waals surface area contributed by atoms with Crippen molar-refractivity contribution in [1.29, 1.82) is 0 Å². The second-order valence-corrected chi connectivity index (χ2v) is 7.48. The van der Waals surface area contributed by atoms with Gasteiger partial charge in [-0.2, -0.15) is 9.61 Å². The van der Waals surface area contributed by atoms with Crippen LogP contribution >= 0.6 is 27.3 Å². The van der Waals surface area contributed by atoms with Crippen LogP contribution in [0.3, 0.4) is 0 Å². The van der Waals surface area contributed by atoms with Crippen molar-refractivity contribution in [3.05, 3.63) is 40.6 Å². The first-order chi connectivity index (χ1) is 13.5. The first kappa shape index (κ1) is 18.6. The van der Waals surface area contributed by atoms with Gasteiger partial charge in [-0.15, -0.1) is 10.2 Å². The average molecular weight is 465 g/mol. The Kier molecular flexibility index (Phi) is 4.90. The molecule has 0 bridgehead atoms. The third kappa shape index (κ3) is 3.08. The van der Waals surface area contributed by atoms with E-state index < -0.39 is 0 Å². The number of nitrogens with zero attached hydrogens (tertiary/aromatic N) is 4.